The van der Waals surface area contributed by atoms with Crippen molar-refractivity contribution < 1.29 is 38.4 Å². The molecule has 3 unspecified atom stereocenters. The molecule has 0 aromatic carbocycles. The molecule has 3 rings (SSSR count). The molecule has 27 heavy (non-hydrogen) atoms. The SMILES string of the molecule is CP(=O)(O)CP(=O)(O)OC[C@H]1O[C@@H](n2cnc3c(N)ncnc32)C(O)[C@H]1O. The first-order valence-corrected chi connectivity index (χ1v) is 11.7. The lowest BCUT2D eigenvalue weighted by atomic mass is 10.1. The number of nitrogens with two attached hydrogens (primary N) is 1. The Morgan fingerprint density at radius 1 is 1.26 bits per heavy atom. The zero-order valence-corrected chi connectivity index (χ0v) is 15.8. The lowest BCUT2D eigenvalue weighted by Crippen LogP contribution is -2.33. The predicted molar refractivity (Wildman–Crippen MR) is 92.1 cm³/mol. The van der Waals surface area contributed by atoms with Crippen LogP contribution >= 0.6 is 15.0 Å². The van der Waals surface area contributed by atoms with E-state index in [0.29, 0.717) is 0 Å². The van der Waals surface area contributed by atoms with Gasteiger partial charge >= 0.3 is 7.60 Å². The van der Waals surface area contributed by atoms with E-state index in [-0.39, 0.29) is 17.0 Å². The number of nitrogens with zero attached hydrogens (tertiary/aromatic N) is 4. The van der Waals surface area contributed by atoms with Gasteiger partial charge in [-0.3, -0.25) is 13.7 Å². The van der Waals surface area contributed by atoms with Gasteiger partial charge in [-0.25, -0.2) is 15.0 Å². The minimum Gasteiger partial charge on any atom is -0.387 e. The fourth-order valence-electron chi connectivity index (χ4n) is 2.72. The molecule has 2 aromatic heterocycles. The van der Waals surface area contributed by atoms with Crippen LogP contribution in [0.5, 0.6) is 0 Å². The van der Waals surface area contributed by atoms with E-state index in [2.05, 4.69) is 15.0 Å². The van der Waals surface area contributed by atoms with Crippen molar-refractivity contribution in [3.05, 3.63) is 12.7 Å². The molecule has 2 aromatic rings. The van der Waals surface area contributed by atoms with E-state index in [9.17, 15) is 29.1 Å². The smallest absolute Gasteiger partial charge is 0.337 e. The van der Waals surface area contributed by atoms with E-state index < -0.39 is 52.0 Å². The highest BCUT2D eigenvalue weighted by molar-refractivity contribution is 7.72. The number of nitrogen functional groups attached to an aromatic ring is 1. The highest BCUT2D eigenvalue weighted by Gasteiger charge is 2.45. The molecule has 13 nitrogen and oxygen atoms in total. The lowest BCUT2D eigenvalue weighted by molar-refractivity contribution is -0.0483. The van der Waals surface area contributed by atoms with E-state index in [1.54, 1.807) is 0 Å². The summed E-state index contributed by atoms with van der Waals surface area (Å²) in [7, 11) is -8.17. The Labute approximate surface area is 152 Å². The van der Waals surface area contributed by atoms with Crippen LogP contribution in [0.2, 0.25) is 0 Å². The van der Waals surface area contributed by atoms with E-state index in [4.69, 9.17) is 15.0 Å². The fourth-order valence-corrected chi connectivity index (χ4v) is 6.07. The van der Waals surface area contributed by atoms with Crippen LogP contribution in [0, 0.1) is 0 Å². The number of imidazole rings is 1. The molecule has 15 heteroatoms. The lowest BCUT2D eigenvalue weighted by Gasteiger charge is -2.18. The first-order chi connectivity index (χ1) is 12.5. The zero-order chi connectivity index (χ0) is 20.0. The van der Waals surface area contributed by atoms with E-state index in [1.165, 1.54) is 17.2 Å². The molecular formula is C12H19N5O8P2. The summed E-state index contributed by atoms with van der Waals surface area (Å²) in [6.07, 6.45) is -2.64. The Kier molecular flexibility index (Phi) is 5.41. The summed E-state index contributed by atoms with van der Waals surface area (Å²) in [5.74, 6) is -0.808. The standard InChI is InChI=1S/C12H19N5O8P2/c1-26(20,21)5-27(22,23)24-2-6-8(18)9(19)12(25-6)17-4-16-7-10(13)14-3-15-11(7)17/h3-4,6,8-9,12,18-19H,2,5H2,1H3,(H,20,21)(H,22,23)(H2,13,14,15)/t6-,8+,9?,12-/m1/s1. The molecule has 0 bridgehead atoms. The van der Waals surface area contributed by atoms with Gasteiger partial charge in [-0.2, -0.15) is 0 Å². The molecule has 0 amide bonds. The normalized spacial score (nSPS) is 30.3. The summed E-state index contributed by atoms with van der Waals surface area (Å²) in [5.41, 5.74) is 6.25. The number of hydrogen-bond donors (Lipinski definition) is 5. The number of hydrogen-bond acceptors (Lipinski definition) is 10. The molecule has 150 valence electrons. The fraction of sp³-hybridized carbons (Fsp3) is 0.583. The van der Waals surface area contributed by atoms with Crippen LogP contribution in [0.15, 0.2) is 12.7 Å². The van der Waals surface area contributed by atoms with Gasteiger partial charge < -0.3 is 35.0 Å². The number of fused-ring (bicyclic) bond motifs is 1. The maximum atomic E-state index is 11.9. The largest absolute Gasteiger partial charge is 0.387 e. The molecule has 1 saturated heterocycles. The van der Waals surface area contributed by atoms with Crippen molar-refractivity contribution in [1.29, 1.82) is 0 Å². The molecule has 6 N–H and O–H groups in total. The average Bonchev–Trinajstić information content (AvgIpc) is 3.07. The van der Waals surface area contributed by atoms with Gasteiger partial charge in [0.1, 0.15) is 36.1 Å². The van der Waals surface area contributed by atoms with Crippen LogP contribution in [-0.4, -0.2) is 77.0 Å². The molecule has 0 aliphatic carbocycles. The van der Waals surface area contributed by atoms with Crippen LogP contribution < -0.4 is 5.73 Å². The number of ether oxygens (including phenoxy) is 1. The van der Waals surface area contributed by atoms with Crippen LogP contribution in [0.4, 0.5) is 5.82 Å². The quantitative estimate of drug-likeness (QED) is 0.358. The number of aliphatic hydroxyl groups excluding tert-OH is 2. The summed E-state index contributed by atoms with van der Waals surface area (Å²) in [6.45, 7) is 0.351. The second kappa shape index (κ2) is 7.19. The molecule has 0 saturated carbocycles. The van der Waals surface area contributed by atoms with Crippen LogP contribution in [0.25, 0.3) is 11.2 Å². The number of rotatable bonds is 6. The Morgan fingerprint density at radius 2 is 1.96 bits per heavy atom. The van der Waals surface area contributed by atoms with E-state index >= 15 is 0 Å². The molecule has 1 fully saturated rings. The van der Waals surface area contributed by atoms with Crippen molar-refractivity contribution >= 4 is 31.9 Å². The summed E-state index contributed by atoms with van der Waals surface area (Å²) >= 11 is 0. The first kappa shape index (κ1) is 20.3. The highest BCUT2D eigenvalue weighted by Crippen LogP contribution is 2.55. The van der Waals surface area contributed by atoms with Gasteiger partial charge in [0.25, 0.3) is 0 Å². The molecule has 0 radical (unpaired) electrons. The highest BCUT2D eigenvalue weighted by atomic mass is 31.2. The van der Waals surface area contributed by atoms with Crippen molar-refractivity contribution in [3.63, 3.8) is 0 Å². The van der Waals surface area contributed by atoms with Crippen LogP contribution in [0.3, 0.4) is 0 Å². The maximum Gasteiger partial charge on any atom is 0.337 e. The Morgan fingerprint density at radius 3 is 2.63 bits per heavy atom. The minimum atomic E-state index is -4.38. The molecule has 6 atom stereocenters. The first-order valence-electron chi connectivity index (χ1n) is 7.69. The summed E-state index contributed by atoms with van der Waals surface area (Å²) in [5, 5.41) is 20.4. The maximum absolute atomic E-state index is 11.9. The van der Waals surface area contributed by atoms with E-state index in [1.807, 2.05) is 0 Å². The van der Waals surface area contributed by atoms with Crippen LogP contribution in [0.1, 0.15) is 6.23 Å². The van der Waals surface area contributed by atoms with Gasteiger partial charge in [0.15, 0.2) is 17.7 Å². The van der Waals surface area contributed by atoms with Gasteiger partial charge in [0.05, 0.1) is 12.9 Å². The summed E-state index contributed by atoms with van der Waals surface area (Å²) < 4.78 is 34.8. The van der Waals surface area contributed by atoms with Gasteiger partial charge in [-0.1, -0.05) is 0 Å². The topological polar surface area (TPSA) is 203 Å². The minimum absolute atomic E-state index is 0.126. The number of aliphatic hydroxyl groups is 2. The van der Waals surface area contributed by atoms with Gasteiger partial charge in [0, 0.05) is 6.66 Å². The van der Waals surface area contributed by atoms with Gasteiger partial charge in [-0.05, 0) is 0 Å². The van der Waals surface area contributed by atoms with Crippen molar-refractivity contribution in [1.82, 2.24) is 19.5 Å². The number of anilines is 1. The number of aromatic nitrogens is 4. The van der Waals surface area contributed by atoms with Crippen LogP contribution in [-0.2, 0) is 18.4 Å². The molecular weight excluding hydrogens is 404 g/mol. The van der Waals surface area contributed by atoms with Gasteiger partial charge in [0.2, 0.25) is 7.37 Å². The zero-order valence-electron chi connectivity index (χ0n) is 14.1. The Hall–Kier alpha value is -1.43. The Balaban J connectivity index is 1.75. The van der Waals surface area contributed by atoms with E-state index in [0.717, 1.165) is 6.66 Å². The van der Waals surface area contributed by atoms with Gasteiger partial charge in [-0.15, -0.1) is 0 Å². The van der Waals surface area contributed by atoms with Crippen molar-refractivity contribution in [2.45, 2.75) is 24.5 Å². The van der Waals surface area contributed by atoms with Crippen molar-refractivity contribution in [2.75, 3.05) is 24.9 Å². The van der Waals surface area contributed by atoms with Crippen molar-refractivity contribution in [3.8, 4) is 0 Å². The third-order valence-corrected chi connectivity index (χ3v) is 7.96. The monoisotopic (exact) mass is 423 g/mol. The second-order valence-corrected chi connectivity index (χ2v) is 11.0. The molecule has 1 aliphatic rings. The molecule has 1 aliphatic heterocycles. The Bertz CT molecular complexity index is 932. The summed E-state index contributed by atoms with van der Waals surface area (Å²) in [6, 6.07) is 0. The predicted octanol–water partition coefficient (Wildman–Crippen LogP) is -0.913. The third-order valence-electron chi connectivity index (χ3n) is 3.88. The third kappa shape index (κ3) is 4.36. The van der Waals surface area contributed by atoms with Crippen molar-refractivity contribution in [2.24, 2.45) is 0 Å². The molecule has 3 heterocycles. The summed E-state index contributed by atoms with van der Waals surface area (Å²) in [4.78, 5) is 30.7. The second-order valence-electron chi connectivity index (χ2n) is 6.25. The molecule has 0 spiro atoms. The average molecular weight is 423 g/mol.